The molecule has 0 fully saturated rings. The van der Waals surface area contributed by atoms with E-state index in [4.69, 9.17) is 17.7 Å². The number of benzene rings is 4. The Morgan fingerprint density at radius 1 is 0.364 bits per heavy atom. The molecule has 8 heteroatoms. The van der Waals surface area contributed by atoms with Crippen molar-refractivity contribution in [1.82, 2.24) is 19.9 Å². The Morgan fingerprint density at radius 3 is 0.818 bits per heavy atom. The summed E-state index contributed by atoms with van der Waals surface area (Å²) in [4.78, 5) is 17.7. The van der Waals surface area contributed by atoms with Crippen molar-refractivity contribution in [2.45, 2.75) is 27.7 Å². The Bertz CT molecular complexity index is 2020. The van der Waals surface area contributed by atoms with Crippen LogP contribution >= 0.6 is 0 Å². The molecule has 216 valence electrons. The molecule has 0 saturated heterocycles. The average Bonchev–Trinajstić information content (AvgIpc) is 3.78. The molecule has 0 bridgehead atoms. The Balaban J connectivity index is 0.000000142. The highest BCUT2D eigenvalue weighted by Crippen LogP contribution is 2.22. The zero-order valence-electron chi connectivity index (χ0n) is 24.7. The Morgan fingerprint density at radius 2 is 0.591 bits per heavy atom. The molecule has 44 heavy (non-hydrogen) atoms. The maximum Gasteiger partial charge on any atom is 0.220 e. The van der Waals surface area contributed by atoms with Gasteiger partial charge in [-0.05, 0) is 98.5 Å². The van der Waals surface area contributed by atoms with Crippen LogP contribution in [0.4, 0.5) is 0 Å². The van der Waals surface area contributed by atoms with Gasteiger partial charge in [-0.25, -0.2) is 19.9 Å². The minimum Gasteiger partial charge on any atom is -0.437 e. The van der Waals surface area contributed by atoms with Crippen molar-refractivity contribution >= 4 is 68.7 Å². The lowest BCUT2D eigenvalue weighted by Crippen LogP contribution is -1.73. The summed E-state index contributed by atoms with van der Waals surface area (Å²) in [7, 11) is 0. The molecule has 4 aromatic heterocycles. The third-order valence-corrected chi connectivity index (χ3v) is 6.98. The normalized spacial score (nSPS) is 11.9. The first-order chi connectivity index (χ1) is 21.3. The fourth-order valence-electron chi connectivity index (χ4n) is 4.79. The van der Waals surface area contributed by atoms with Crippen molar-refractivity contribution < 1.29 is 17.7 Å². The molecule has 4 aromatic carbocycles. The molecule has 0 N–H and O–H groups in total. The molecular weight excluding hydrogens is 552 g/mol. The number of hydrogen-bond acceptors (Lipinski definition) is 8. The van der Waals surface area contributed by atoms with Gasteiger partial charge in [-0.3, -0.25) is 0 Å². The SMILES string of the molecule is Cc1ccc2oc(C=Cc3nc4cc(C)ccc4o3)nc2c1.Cc1ccc2oc(C=Cc3nc4cc(C)ccc4o3)nc2c1. The molecule has 8 rings (SSSR count). The largest absolute Gasteiger partial charge is 0.437 e. The minimum absolute atomic E-state index is 0.541. The lowest BCUT2D eigenvalue weighted by Gasteiger charge is -1.87. The molecule has 0 radical (unpaired) electrons. The van der Waals surface area contributed by atoms with Gasteiger partial charge < -0.3 is 17.7 Å². The van der Waals surface area contributed by atoms with Crippen molar-refractivity contribution in [2.24, 2.45) is 0 Å². The van der Waals surface area contributed by atoms with Crippen molar-refractivity contribution in [1.29, 1.82) is 0 Å². The summed E-state index contributed by atoms with van der Waals surface area (Å²) in [5.41, 5.74) is 11.2. The van der Waals surface area contributed by atoms with E-state index in [0.717, 1.165) is 66.7 Å². The fourth-order valence-corrected chi connectivity index (χ4v) is 4.79. The quantitative estimate of drug-likeness (QED) is 0.203. The summed E-state index contributed by atoms with van der Waals surface area (Å²) >= 11 is 0. The summed E-state index contributed by atoms with van der Waals surface area (Å²) in [6.07, 6.45) is 7.08. The Kier molecular flexibility index (Phi) is 6.86. The van der Waals surface area contributed by atoms with Crippen molar-refractivity contribution in [2.75, 3.05) is 0 Å². The number of oxazole rings is 4. The van der Waals surface area contributed by atoms with Crippen LogP contribution in [-0.2, 0) is 0 Å². The van der Waals surface area contributed by atoms with Gasteiger partial charge in [0.05, 0.1) is 0 Å². The Labute approximate surface area is 252 Å². The van der Waals surface area contributed by atoms with Crippen LogP contribution in [0.25, 0.3) is 68.7 Å². The predicted molar refractivity (Wildman–Crippen MR) is 173 cm³/mol. The first-order valence-corrected chi connectivity index (χ1v) is 14.2. The highest BCUT2D eigenvalue weighted by Gasteiger charge is 2.07. The molecule has 0 aliphatic heterocycles. The van der Waals surface area contributed by atoms with Gasteiger partial charge in [0.2, 0.25) is 23.6 Å². The second kappa shape index (κ2) is 11.1. The molecular formula is C36H28N4O4. The fraction of sp³-hybridized carbons (Fsp3) is 0.111. The van der Waals surface area contributed by atoms with Gasteiger partial charge in [-0.2, -0.15) is 0 Å². The van der Waals surface area contributed by atoms with Crippen LogP contribution in [-0.4, -0.2) is 19.9 Å². The number of rotatable bonds is 4. The molecule has 0 unspecified atom stereocenters. The van der Waals surface area contributed by atoms with Crippen LogP contribution in [0.15, 0.2) is 90.5 Å². The molecule has 0 atom stereocenters. The van der Waals surface area contributed by atoms with Gasteiger partial charge in [0, 0.05) is 24.3 Å². The van der Waals surface area contributed by atoms with Gasteiger partial charge in [-0.1, -0.05) is 24.3 Å². The van der Waals surface area contributed by atoms with E-state index in [1.54, 1.807) is 24.3 Å². The highest BCUT2D eigenvalue weighted by molar-refractivity contribution is 5.80. The molecule has 0 spiro atoms. The number of aryl methyl sites for hydroxylation is 4. The molecule has 8 aromatic rings. The van der Waals surface area contributed by atoms with E-state index in [1.165, 1.54) is 0 Å². The van der Waals surface area contributed by atoms with E-state index in [9.17, 15) is 0 Å². The molecule has 0 saturated carbocycles. The van der Waals surface area contributed by atoms with Crippen LogP contribution in [0, 0.1) is 27.7 Å². The van der Waals surface area contributed by atoms with Crippen LogP contribution in [0.1, 0.15) is 45.8 Å². The number of hydrogen-bond donors (Lipinski definition) is 0. The topological polar surface area (TPSA) is 104 Å². The summed E-state index contributed by atoms with van der Waals surface area (Å²) in [6.45, 7) is 8.13. The molecule has 8 nitrogen and oxygen atoms in total. The van der Waals surface area contributed by atoms with Crippen molar-refractivity contribution in [3.05, 3.63) is 119 Å². The highest BCUT2D eigenvalue weighted by atomic mass is 16.4. The molecule has 0 amide bonds. The summed E-state index contributed by atoms with van der Waals surface area (Å²) in [5, 5.41) is 0. The Hall–Kier alpha value is -5.76. The van der Waals surface area contributed by atoms with E-state index < -0.39 is 0 Å². The van der Waals surface area contributed by atoms with Gasteiger partial charge in [0.1, 0.15) is 22.1 Å². The van der Waals surface area contributed by atoms with Crippen molar-refractivity contribution in [3.63, 3.8) is 0 Å². The summed E-state index contributed by atoms with van der Waals surface area (Å²) in [5.74, 6) is 2.16. The van der Waals surface area contributed by atoms with Gasteiger partial charge >= 0.3 is 0 Å². The first-order valence-electron chi connectivity index (χ1n) is 14.2. The van der Waals surface area contributed by atoms with Crippen LogP contribution < -0.4 is 0 Å². The molecule has 0 aliphatic carbocycles. The predicted octanol–water partition coefficient (Wildman–Crippen LogP) is 9.51. The third-order valence-electron chi connectivity index (χ3n) is 6.98. The van der Waals surface area contributed by atoms with Gasteiger partial charge in [-0.15, -0.1) is 0 Å². The zero-order chi connectivity index (χ0) is 30.2. The maximum atomic E-state index is 5.67. The summed E-state index contributed by atoms with van der Waals surface area (Å²) < 4.78 is 22.7. The lowest BCUT2D eigenvalue weighted by molar-refractivity contribution is 0.583. The first kappa shape index (κ1) is 27.1. The van der Waals surface area contributed by atoms with E-state index in [1.807, 2.05) is 100 Å². The van der Waals surface area contributed by atoms with E-state index in [0.29, 0.717) is 23.6 Å². The smallest absolute Gasteiger partial charge is 0.220 e. The zero-order valence-corrected chi connectivity index (χ0v) is 24.7. The lowest BCUT2D eigenvalue weighted by atomic mass is 10.2. The standard InChI is InChI=1S/2C18H14N2O2/c2*1-11-3-5-15-13(9-11)19-17(21-15)7-8-18-20-14-10-12(2)4-6-16(14)22-18/h2*3-10H,1-2H3. The van der Waals surface area contributed by atoms with Crippen LogP contribution in [0.5, 0.6) is 0 Å². The average molecular weight is 581 g/mol. The molecule has 4 heterocycles. The second-order valence-electron chi connectivity index (χ2n) is 10.8. The molecule has 0 aliphatic rings. The number of nitrogens with zero attached hydrogens (tertiary/aromatic N) is 4. The van der Waals surface area contributed by atoms with Gasteiger partial charge in [0.25, 0.3) is 0 Å². The van der Waals surface area contributed by atoms with E-state index in [-0.39, 0.29) is 0 Å². The van der Waals surface area contributed by atoms with Crippen LogP contribution in [0.3, 0.4) is 0 Å². The minimum atomic E-state index is 0.541. The van der Waals surface area contributed by atoms with E-state index in [2.05, 4.69) is 19.9 Å². The maximum absolute atomic E-state index is 5.67. The summed E-state index contributed by atoms with van der Waals surface area (Å²) in [6, 6.07) is 23.7. The van der Waals surface area contributed by atoms with Gasteiger partial charge in [0.15, 0.2) is 22.3 Å². The van der Waals surface area contributed by atoms with Crippen LogP contribution in [0.2, 0.25) is 0 Å². The number of aromatic nitrogens is 4. The monoisotopic (exact) mass is 580 g/mol. The van der Waals surface area contributed by atoms with E-state index >= 15 is 0 Å². The second-order valence-corrected chi connectivity index (χ2v) is 10.8. The number of fused-ring (bicyclic) bond motifs is 4. The third kappa shape index (κ3) is 5.78. The van der Waals surface area contributed by atoms with Crippen molar-refractivity contribution in [3.8, 4) is 0 Å².